The highest BCUT2D eigenvalue weighted by molar-refractivity contribution is 7.92. The number of carbonyl (C=O) groups is 1. The highest BCUT2D eigenvalue weighted by atomic mass is 35.5. The minimum Gasteiger partial charge on any atom is -0.351 e. The summed E-state index contributed by atoms with van der Waals surface area (Å²) in [5.41, 5.74) is 1.63. The van der Waals surface area contributed by atoms with Gasteiger partial charge in [-0.3, -0.25) is 9.52 Å². The molecule has 2 aromatic heterocycles. The van der Waals surface area contributed by atoms with Crippen LogP contribution in [0.25, 0.3) is 5.52 Å². The highest BCUT2D eigenvalue weighted by Gasteiger charge is 2.12. The molecule has 1 amide bonds. The Bertz CT molecular complexity index is 1000. The molecular weight excluding hydrogens is 364 g/mol. The molecule has 0 unspecified atom stereocenters. The molecule has 0 spiro atoms. The number of fused-ring (bicyclic) bond motifs is 1. The van der Waals surface area contributed by atoms with Crippen molar-refractivity contribution >= 4 is 38.7 Å². The predicted molar refractivity (Wildman–Crippen MR) is 96.4 cm³/mol. The molecule has 1 aromatic carbocycles. The topological polar surface area (TPSA) is 92.6 Å². The maximum Gasteiger partial charge on any atom is 0.251 e. The van der Waals surface area contributed by atoms with Gasteiger partial charge in [-0.2, -0.15) is 5.10 Å². The molecule has 3 rings (SSSR count). The molecule has 0 aliphatic heterocycles. The summed E-state index contributed by atoms with van der Waals surface area (Å²) in [6.07, 6.45) is 3.29. The molecule has 9 heteroatoms. The molecule has 130 valence electrons. The maximum atomic E-state index is 12.1. The van der Waals surface area contributed by atoms with Crippen LogP contribution in [-0.2, 0) is 10.0 Å². The number of hydrogen-bond acceptors (Lipinski definition) is 4. The van der Waals surface area contributed by atoms with E-state index in [1.807, 2.05) is 0 Å². The first-order valence-electron chi connectivity index (χ1n) is 7.41. The Morgan fingerprint density at radius 2 is 1.92 bits per heavy atom. The van der Waals surface area contributed by atoms with Crippen molar-refractivity contribution in [1.29, 1.82) is 0 Å². The predicted octanol–water partition coefficient (Wildman–Crippen LogP) is 2.16. The summed E-state index contributed by atoms with van der Waals surface area (Å²) in [4.78, 5) is 11.9. The number of sulfonamides is 1. The van der Waals surface area contributed by atoms with Crippen molar-refractivity contribution in [2.75, 3.05) is 17.0 Å². The van der Waals surface area contributed by atoms with Crippen LogP contribution < -0.4 is 10.0 Å². The van der Waals surface area contributed by atoms with Crippen LogP contribution >= 0.6 is 11.6 Å². The first-order valence-corrected chi connectivity index (χ1v) is 9.44. The zero-order valence-electron chi connectivity index (χ0n) is 13.0. The number of hydrogen-bond donors (Lipinski definition) is 2. The molecule has 0 radical (unpaired) electrons. The van der Waals surface area contributed by atoms with Gasteiger partial charge in [0.2, 0.25) is 10.0 Å². The smallest absolute Gasteiger partial charge is 0.251 e. The number of pyridine rings is 1. The van der Waals surface area contributed by atoms with Gasteiger partial charge >= 0.3 is 0 Å². The lowest BCUT2D eigenvalue weighted by molar-refractivity contribution is 0.0956. The number of halogens is 1. The molecule has 3 aromatic rings. The van der Waals surface area contributed by atoms with E-state index >= 15 is 0 Å². The third-order valence-electron chi connectivity index (χ3n) is 3.44. The summed E-state index contributed by atoms with van der Waals surface area (Å²) >= 11 is 5.76. The highest BCUT2D eigenvalue weighted by Crippen LogP contribution is 2.13. The average Bonchev–Trinajstić information content (AvgIpc) is 3.02. The van der Waals surface area contributed by atoms with E-state index in [0.29, 0.717) is 16.3 Å². The first kappa shape index (κ1) is 17.2. The number of amides is 1. The monoisotopic (exact) mass is 378 g/mol. The van der Waals surface area contributed by atoms with Crippen LogP contribution in [-0.4, -0.2) is 36.2 Å². The van der Waals surface area contributed by atoms with E-state index in [0.717, 1.165) is 5.52 Å². The average molecular weight is 379 g/mol. The van der Waals surface area contributed by atoms with Gasteiger partial charge in [-0.25, -0.2) is 12.9 Å². The number of carbonyl (C=O) groups excluding carboxylic acids is 1. The van der Waals surface area contributed by atoms with Crippen molar-refractivity contribution in [1.82, 2.24) is 14.9 Å². The van der Waals surface area contributed by atoms with Crippen molar-refractivity contribution in [3.63, 3.8) is 0 Å². The Balaban J connectivity index is 1.56. The first-order chi connectivity index (χ1) is 11.9. The summed E-state index contributed by atoms with van der Waals surface area (Å²) in [6, 6.07) is 11.4. The molecule has 25 heavy (non-hydrogen) atoms. The third-order valence-corrected chi connectivity index (χ3v) is 4.98. The van der Waals surface area contributed by atoms with Crippen LogP contribution in [0.5, 0.6) is 0 Å². The van der Waals surface area contributed by atoms with Crippen LogP contribution in [0.2, 0.25) is 5.02 Å². The van der Waals surface area contributed by atoms with Gasteiger partial charge in [-0.05, 0) is 42.5 Å². The molecule has 0 atom stereocenters. The zero-order chi connectivity index (χ0) is 17.9. The second-order valence-corrected chi connectivity index (χ2v) is 7.58. The number of benzene rings is 1. The van der Waals surface area contributed by atoms with Gasteiger partial charge in [-0.1, -0.05) is 11.6 Å². The Morgan fingerprint density at radius 1 is 1.16 bits per heavy atom. The van der Waals surface area contributed by atoms with Crippen molar-refractivity contribution in [2.45, 2.75) is 0 Å². The van der Waals surface area contributed by atoms with Gasteiger partial charge in [0.25, 0.3) is 5.91 Å². The lowest BCUT2D eigenvalue weighted by atomic mass is 10.2. The summed E-state index contributed by atoms with van der Waals surface area (Å²) in [5, 5.41) is 7.14. The second-order valence-electron chi connectivity index (χ2n) is 5.30. The summed E-state index contributed by atoms with van der Waals surface area (Å²) in [6.45, 7) is -0.00821. The number of anilines is 1. The lowest BCUT2D eigenvalue weighted by Crippen LogP contribution is -2.31. The fourth-order valence-electron chi connectivity index (χ4n) is 2.22. The second kappa shape index (κ2) is 7.12. The minimum atomic E-state index is -3.59. The van der Waals surface area contributed by atoms with Crippen LogP contribution in [0, 0.1) is 0 Å². The van der Waals surface area contributed by atoms with E-state index in [4.69, 9.17) is 11.6 Å². The van der Waals surface area contributed by atoms with Crippen LogP contribution in [0.15, 0.2) is 54.9 Å². The fraction of sp³-hybridized carbons (Fsp3) is 0.125. The molecule has 2 heterocycles. The third kappa shape index (κ3) is 4.49. The van der Waals surface area contributed by atoms with E-state index in [1.54, 1.807) is 59.4 Å². The van der Waals surface area contributed by atoms with Crippen molar-refractivity contribution in [3.05, 3.63) is 65.4 Å². The number of nitrogens with one attached hydrogen (secondary N) is 2. The van der Waals surface area contributed by atoms with Gasteiger partial charge in [0.15, 0.2) is 0 Å². The van der Waals surface area contributed by atoms with Gasteiger partial charge < -0.3 is 5.32 Å². The summed E-state index contributed by atoms with van der Waals surface area (Å²) in [7, 11) is -3.59. The maximum absolute atomic E-state index is 12.1. The molecule has 0 aliphatic carbocycles. The van der Waals surface area contributed by atoms with E-state index in [-0.39, 0.29) is 18.2 Å². The number of nitrogens with zero attached hydrogens (tertiary/aromatic N) is 2. The molecule has 0 saturated heterocycles. The van der Waals surface area contributed by atoms with Crippen molar-refractivity contribution < 1.29 is 13.2 Å². The molecule has 0 bridgehead atoms. The van der Waals surface area contributed by atoms with Crippen LogP contribution in [0.1, 0.15) is 10.4 Å². The Kier molecular flexibility index (Phi) is 4.91. The fourth-order valence-corrected chi connectivity index (χ4v) is 3.30. The molecule has 0 fully saturated rings. The van der Waals surface area contributed by atoms with Gasteiger partial charge in [0, 0.05) is 29.5 Å². The number of rotatable bonds is 6. The zero-order valence-corrected chi connectivity index (χ0v) is 14.6. The largest absolute Gasteiger partial charge is 0.351 e. The minimum absolute atomic E-state index is 0.00821. The van der Waals surface area contributed by atoms with Gasteiger partial charge in [-0.15, -0.1) is 0 Å². The number of aromatic nitrogens is 2. The SMILES string of the molecule is O=C(NCCS(=O)(=O)Nc1ccn2nccc2c1)c1ccc(Cl)cc1. The lowest BCUT2D eigenvalue weighted by Gasteiger charge is -2.09. The summed E-state index contributed by atoms with van der Waals surface area (Å²) in [5.74, 6) is -0.593. The Morgan fingerprint density at radius 3 is 2.68 bits per heavy atom. The van der Waals surface area contributed by atoms with Gasteiger partial charge in [0.05, 0.1) is 17.0 Å². The van der Waals surface area contributed by atoms with E-state index in [9.17, 15) is 13.2 Å². The standard InChI is InChI=1S/C16H15ClN4O3S/c17-13-3-1-12(2-4-13)16(22)18-8-10-25(23,24)20-14-6-9-21-15(11-14)5-7-19-21/h1-7,9,11,20H,8,10H2,(H,18,22). The Labute approximate surface area is 149 Å². The molecule has 2 N–H and O–H groups in total. The van der Waals surface area contributed by atoms with Crippen molar-refractivity contribution in [2.24, 2.45) is 0 Å². The molecular formula is C16H15ClN4O3S. The molecule has 7 nitrogen and oxygen atoms in total. The molecule has 0 aliphatic rings. The summed E-state index contributed by atoms with van der Waals surface area (Å²) < 4.78 is 28.4. The molecule has 0 saturated carbocycles. The quantitative estimate of drug-likeness (QED) is 0.687. The van der Waals surface area contributed by atoms with Crippen LogP contribution in [0.3, 0.4) is 0 Å². The van der Waals surface area contributed by atoms with Gasteiger partial charge in [0.1, 0.15) is 0 Å². The van der Waals surface area contributed by atoms with E-state index < -0.39 is 10.0 Å². The van der Waals surface area contributed by atoms with E-state index in [2.05, 4.69) is 15.1 Å². The van der Waals surface area contributed by atoms with Crippen LogP contribution in [0.4, 0.5) is 5.69 Å². The van der Waals surface area contributed by atoms with E-state index in [1.165, 1.54) is 0 Å². The normalized spacial score (nSPS) is 11.4. The Hall–Kier alpha value is -2.58. The van der Waals surface area contributed by atoms with Crippen molar-refractivity contribution in [3.8, 4) is 0 Å².